The summed E-state index contributed by atoms with van der Waals surface area (Å²) in [5.74, 6) is 0.744. The molecule has 0 aliphatic carbocycles. The summed E-state index contributed by atoms with van der Waals surface area (Å²) in [4.78, 5) is 4.25. The van der Waals surface area contributed by atoms with E-state index in [0.29, 0.717) is 5.69 Å². The first kappa shape index (κ1) is 14.8. The lowest BCUT2D eigenvalue weighted by atomic mass is 10.3. The normalized spacial score (nSPS) is 11.6. The zero-order valence-corrected chi connectivity index (χ0v) is 10.3. The number of nitrogens with zero attached hydrogens (tertiary/aromatic N) is 1. The van der Waals surface area contributed by atoms with Gasteiger partial charge in [-0.3, -0.25) is 0 Å². The predicted molar refractivity (Wildman–Crippen MR) is 63.3 cm³/mol. The molecule has 0 bridgehead atoms. The molecular weight excluding hydrogens is 245 g/mol. The minimum Gasteiger partial charge on any atom is -0.375 e. The first-order valence-electron chi connectivity index (χ1n) is 5.85. The zero-order valence-electron chi connectivity index (χ0n) is 10.3. The Kier molecular flexibility index (Phi) is 5.91. The van der Waals surface area contributed by atoms with Gasteiger partial charge in [0.15, 0.2) is 0 Å². The monoisotopic (exact) mass is 262 g/mol. The second-order valence-corrected chi connectivity index (χ2v) is 3.82. The molecule has 1 heterocycles. The van der Waals surface area contributed by atoms with Crippen LogP contribution < -0.4 is 5.32 Å². The third kappa shape index (κ3) is 6.44. The second kappa shape index (κ2) is 7.20. The summed E-state index contributed by atoms with van der Waals surface area (Å²) in [6, 6.07) is 5.45. The smallest absolute Gasteiger partial charge is 0.375 e. The molecule has 0 radical (unpaired) electrons. The highest BCUT2D eigenvalue weighted by Gasteiger charge is 2.25. The first-order chi connectivity index (χ1) is 8.51. The van der Waals surface area contributed by atoms with Gasteiger partial charge in [0.25, 0.3) is 0 Å². The number of rotatable bonds is 7. The molecule has 6 heteroatoms. The lowest BCUT2D eigenvalue weighted by Gasteiger charge is -2.08. The molecule has 0 saturated carbocycles. The number of halogens is 3. The van der Waals surface area contributed by atoms with E-state index in [1.54, 1.807) is 6.07 Å². The molecule has 1 aromatic rings. The van der Waals surface area contributed by atoms with E-state index in [1.807, 2.05) is 19.1 Å². The summed E-state index contributed by atoms with van der Waals surface area (Å²) in [5.41, 5.74) is 0.709. The first-order valence-corrected chi connectivity index (χ1v) is 5.85. The van der Waals surface area contributed by atoms with Crippen LogP contribution in [0, 0.1) is 0 Å². The summed E-state index contributed by atoms with van der Waals surface area (Å²) in [6.07, 6.45) is -4.93. The van der Waals surface area contributed by atoms with Crippen LogP contribution in [0.4, 0.5) is 19.0 Å². The van der Waals surface area contributed by atoms with Crippen LogP contribution >= 0.6 is 0 Å². The topological polar surface area (TPSA) is 34.1 Å². The third-order valence-electron chi connectivity index (χ3n) is 2.16. The molecule has 3 nitrogen and oxygen atoms in total. The van der Waals surface area contributed by atoms with Crippen LogP contribution in [-0.2, 0) is 11.3 Å². The molecule has 0 aromatic carbocycles. The van der Waals surface area contributed by atoms with Crippen LogP contribution in [0.2, 0.25) is 0 Å². The van der Waals surface area contributed by atoms with E-state index in [9.17, 15) is 13.2 Å². The fourth-order valence-corrected chi connectivity index (χ4v) is 1.39. The van der Waals surface area contributed by atoms with Gasteiger partial charge < -0.3 is 10.1 Å². The molecule has 0 saturated heterocycles. The summed E-state index contributed by atoms with van der Waals surface area (Å²) < 4.78 is 40.8. The SMILES string of the molecule is CCNc1cccc(COCCCC(F)(F)F)n1. The van der Waals surface area contributed by atoms with Gasteiger partial charge in [-0.05, 0) is 25.5 Å². The molecule has 0 amide bonds. The molecule has 0 fully saturated rings. The molecule has 1 N–H and O–H groups in total. The number of anilines is 1. The van der Waals surface area contributed by atoms with Gasteiger partial charge in [-0.1, -0.05) is 6.07 Å². The fourth-order valence-electron chi connectivity index (χ4n) is 1.39. The molecule has 102 valence electrons. The van der Waals surface area contributed by atoms with Crippen LogP contribution in [-0.4, -0.2) is 24.3 Å². The van der Waals surface area contributed by atoms with E-state index in [2.05, 4.69) is 10.3 Å². The summed E-state index contributed by atoms with van der Waals surface area (Å²) in [7, 11) is 0. The number of hydrogen-bond acceptors (Lipinski definition) is 3. The standard InChI is InChI=1S/C12H17F3N2O/c1-2-16-11-6-3-5-10(17-11)9-18-8-4-7-12(13,14)15/h3,5-6H,2,4,7-9H2,1H3,(H,16,17). The van der Waals surface area contributed by atoms with E-state index in [1.165, 1.54) is 0 Å². The number of ether oxygens (including phenoxy) is 1. The number of hydrogen-bond donors (Lipinski definition) is 1. The van der Waals surface area contributed by atoms with Crippen molar-refractivity contribution < 1.29 is 17.9 Å². The van der Waals surface area contributed by atoms with Crippen molar-refractivity contribution >= 4 is 5.82 Å². The van der Waals surface area contributed by atoms with Gasteiger partial charge >= 0.3 is 6.18 Å². The van der Waals surface area contributed by atoms with Crippen LogP contribution in [0.15, 0.2) is 18.2 Å². The van der Waals surface area contributed by atoms with Crippen molar-refractivity contribution in [1.29, 1.82) is 0 Å². The van der Waals surface area contributed by atoms with E-state index in [0.717, 1.165) is 12.4 Å². The van der Waals surface area contributed by atoms with Crippen molar-refractivity contribution in [2.75, 3.05) is 18.5 Å². The van der Waals surface area contributed by atoms with E-state index in [4.69, 9.17) is 4.74 Å². The molecule has 0 atom stereocenters. The van der Waals surface area contributed by atoms with Crippen molar-refractivity contribution in [2.45, 2.75) is 32.5 Å². The fraction of sp³-hybridized carbons (Fsp3) is 0.583. The Morgan fingerprint density at radius 1 is 1.33 bits per heavy atom. The van der Waals surface area contributed by atoms with Crippen LogP contribution in [0.25, 0.3) is 0 Å². The van der Waals surface area contributed by atoms with Gasteiger partial charge in [-0.15, -0.1) is 0 Å². The minimum atomic E-state index is -4.10. The lowest BCUT2D eigenvalue weighted by molar-refractivity contribution is -0.138. The molecule has 0 aliphatic rings. The highest BCUT2D eigenvalue weighted by Crippen LogP contribution is 2.21. The number of alkyl halides is 3. The summed E-state index contributed by atoms with van der Waals surface area (Å²) in [5, 5.41) is 3.05. The molecule has 0 unspecified atom stereocenters. The van der Waals surface area contributed by atoms with Crippen LogP contribution in [0.3, 0.4) is 0 Å². The lowest BCUT2D eigenvalue weighted by Crippen LogP contribution is -2.09. The summed E-state index contributed by atoms with van der Waals surface area (Å²) in [6.45, 7) is 3.05. The van der Waals surface area contributed by atoms with Crippen molar-refractivity contribution in [3.8, 4) is 0 Å². The van der Waals surface area contributed by atoms with Gasteiger partial charge in [0.1, 0.15) is 5.82 Å². The summed E-state index contributed by atoms with van der Waals surface area (Å²) >= 11 is 0. The van der Waals surface area contributed by atoms with E-state index < -0.39 is 12.6 Å². The Hall–Kier alpha value is -1.30. The van der Waals surface area contributed by atoms with Gasteiger partial charge in [-0.25, -0.2) is 4.98 Å². The zero-order chi connectivity index (χ0) is 13.4. The maximum absolute atomic E-state index is 11.9. The Labute approximate surface area is 104 Å². The van der Waals surface area contributed by atoms with Gasteiger partial charge in [0.2, 0.25) is 0 Å². The Balaban J connectivity index is 2.24. The van der Waals surface area contributed by atoms with Crippen molar-refractivity contribution in [2.24, 2.45) is 0 Å². The molecule has 18 heavy (non-hydrogen) atoms. The highest BCUT2D eigenvalue weighted by molar-refractivity contribution is 5.34. The van der Waals surface area contributed by atoms with Gasteiger partial charge in [0.05, 0.1) is 12.3 Å². The molecule has 1 aromatic heterocycles. The Bertz CT molecular complexity index is 355. The van der Waals surface area contributed by atoms with E-state index in [-0.39, 0.29) is 19.6 Å². The average Bonchev–Trinajstić information content (AvgIpc) is 2.28. The highest BCUT2D eigenvalue weighted by atomic mass is 19.4. The van der Waals surface area contributed by atoms with Crippen LogP contribution in [0.1, 0.15) is 25.5 Å². The number of pyridine rings is 1. The van der Waals surface area contributed by atoms with Gasteiger partial charge in [0, 0.05) is 19.6 Å². The van der Waals surface area contributed by atoms with Crippen molar-refractivity contribution in [3.63, 3.8) is 0 Å². The third-order valence-corrected chi connectivity index (χ3v) is 2.16. The molecule has 1 rings (SSSR count). The van der Waals surface area contributed by atoms with E-state index >= 15 is 0 Å². The number of nitrogens with one attached hydrogen (secondary N) is 1. The average molecular weight is 262 g/mol. The molecule has 0 spiro atoms. The predicted octanol–water partition coefficient (Wildman–Crippen LogP) is 3.37. The Morgan fingerprint density at radius 3 is 2.78 bits per heavy atom. The molecular formula is C12H17F3N2O. The maximum atomic E-state index is 11.9. The van der Waals surface area contributed by atoms with Crippen LogP contribution in [0.5, 0.6) is 0 Å². The largest absolute Gasteiger partial charge is 0.389 e. The quantitative estimate of drug-likeness (QED) is 0.765. The van der Waals surface area contributed by atoms with Crippen molar-refractivity contribution in [3.05, 3.63) is 23.9 Å². The maximum Gasteiger partial charge on any atom is 0.389 e. The number of aromatic nitrogens is 1. The minimum absolute atomic E-state index is 0.0175. The Morgan fingerprint density at radius 2 is 2.11 bits per heavy atom. The second-order valence-electron chi connectivity index (χ2n) is 3.82. The van der Waals surface area contributed by atoms with Gasteiger partial charge in [-0.2, -0.15) is 13.2 Å². The van der Waals surface area contributed by atoms with Crippen molar-refractivity contribution in [1.82, 2.24) is 4.98 Å². The molecule has 0 aliphatic heterocycles.